The Morgan fingerprint density at radius 2 is 1.84 bits per heavy atom. The molecule has 4 heteroatoms. The molecule has 0 heterocycles. The van der Waals surface area contributed by atoms with Gasteiger partial charge in [-0.15, -0.1) is 0 Å². The number of rotatable bonds is 8. The van der Waals surface area contributed by atoms with Gasteiger partial charge in [-0.3, -0.25) is 4.79 Å². The number of carbonyl (C=O) groups excluding carboxylic acids is 1. The Bertz CT molecular complexity index is 566. The fourth-order valence-corrected chi connectivity index (χ4v) is 3.98. The average Bonchev–Trinajstić information content (AvgIpc) is 2.53. The molecule has 3 atom stereocenters. The lowest BCUT2D eigenvalue weighted by Crippen LogP contribution is -2.58. The van der Waals surface area contributed by atoms with E-state index in [0.29, 0.717) is 5.92 Å². The van der Waals surface area contributed by atoms with Crippen LogP contribution in [-0.4, -0.2) is 18.0 Å². The van der Waals surface area contributed by atoms with Gasteiger partial charge in [-0.05, 0) is 48.8 Å². The second kappa shape index (κ2) is 8.55. The van der Waals surface area contributed by atoms with E-state index >= 15 is 0 Å². The maximum absolute atomic E-state index is 12.8. The van der Waals surface area contributed by atoms with E-state index in [4.69, 9.17) is 17.3 Å². The second-order valence-electron chi connectivity index (χ2n) is 8.12. The van der Waals surface area contributed by atoms with Gasteiger partial charge in [-0.1, -0.05) is 64.3 Å². The van der Waals surface area contributed by atoms with Crippen molar-refractivity contribution in [3.05, 3.63) is 34.9 Å². The van der Waals surface area contributed by atoms with Crippen LogP contribution < -0.4 is 11.1 Å². The smallest absolute Gasteiger partial charge is 0.237 e. The zero-order chi connectivity index (χ0) is 18.6. The summed E-state index contributed by atoms with van der Waals surface area (Å²) in [4.78, 5) is 12.8. The van der Waals surface area contributed by atoms with Gasteiger partial charge in [-0.25, -0.2) is 0 Å². The average molecular weight is 365 g/mol. The first-order chi connectivity index (χ1) is 11.8. The third kappa shape index (κ3) is 4.57. The molecule has 140 valence electrons. The van der Waals surface area contributed by atoms with Gasteiger partial charge in [0, 0.05) is 16.5 Å². The Morgan fingerprint density at radius 3 is 2.28 bits per heavy atom. The molecule has 0 spiro atoms. The first kappa shape index (κ1) is 20.3. The molecule has 1 aromatic rings. The quantitative estimate of drug-likeness (QED) is 0.704. The molecule has 1 aromatic carbocycles. The van der Waals surface area contributed by atoms with Crippen molar-refractivity contribution in [2.75, 3.05) is 0 Å². The number of amides is 1. The molecular weight excluding hydrogens is 332 g/mol. The van der Waals surface area contributed by atoms with Gasteiger partial charge in [0.2, 0.25) is 5.91 Å². The maximum atomic E-state index is 12.8. The molecule has 2 rings (SSSR count). The lowest BCUT2D eigenvalue weighted by Gasteiger charge is -2.49. The van der Waals surface area contributed by atoms with Crippen LogP contribution in [0.15, 0.2) is 24.3 Å². The van der Waals surface area contributed by atoms with E-state index in [1.807, 2.05) is 19.1 Å². The third-order valence-electron chi connectivity index (χ3n) is 5.92. The SMILES string of the molecule is CCC(C)C(N)C(=O)N[C@H](CC(C)C)C1(c2ccc(Cl)cc2)CCC1. The largest absolute Gasteiger partial charge is 0.351 e. The number of hydrogen-bond donors (Lipinski definition) is 2. The normalized spacial score (nSPS) is 19.8. The van der Waals surface area contributed by atoms with E-state index in [9.17, 15) is 4.79 Å². The monoisotopic (exact) mass is 364 g/mol. The predicted molar refractivity (Wildman–Crippen MR) is 106 cm³/mol. The number of halogens is 1. The lowest BCUT2D eigenvalue weighted by molar-refractivity contribution is -0.125. The highest BCUT2D eigenvalue weighted by Crippen LogP contribution is 2.48. The maximum Gasteiger partial charge on any atom is 0.237 e. The summed E-state index contributed by atoms with van der Waals surface area (Å²) >= 11 is 6.08. The first-order valence-corrected chi connectivity index (χ1v) is 10.00. The van der Waals surface area contributed by atoms with E-state index in [1.165, 1.54) is 12.0 Å². The number of hydrogen-bond acceptors (Lipinski definition) is 2. The highest BCUT2D eigenvalue weighted by Gasteiger charge is 2.46. The number of carbonyl (C=O) groups is 1. The van der Waals surface area contributed by atoms with Crippen molar-refractivity contribution in [1.82, 2.24) is 5.32 Å². The minimum atomic E-state index is -0.443. The van der Waals surface area contributed by atoms with Gasteiger partial charge in [-0.2, -0.15) is 0 Å². The summed E-state index contributed by atoms with van der Waals surface area (Å²) in [5.41, 5.74) is 7.48. The van der Waals surface area contributed by atoms with E-state index in [0.717, 1.165) is 30.7 Å². The van der Waals surface area contributed by atoms with Gasteiger partial charge in [0.25, 0.3) is 0 Å². The van der Waals surface area contributed by atoms with Crippen LogP contribution in [0.25, 0.3) is 0 Å². The molecule has 1 amide bonds. The predicted octanol–water partition coefficient (Wildman–Crippen LogP) is 4.67. The van der Waals surface area contributed by atoms with Crippen molar-refractivity contribution in [3.63, 3.8) is 0 Å². The van der Waals surface area contributed by atoms with Crippen molar-refractivity contribution in [2.45, 2.75) is 77.3 Å². The molecule has 0 radical (unpaired) electrons. The molecule has 2 unspecified atom stereocenters. The Hall–Kier alpha value is -1.06. The van der Waals surface area contributed by atoms with Crippen molar-refractivity contribution in [3.8, 4) is 0 Å². The van der Waals surface area contributed by atoms with E-state index in [1.54, 1.807) is 0 Å². The number of benzene rings is 1. The molecule has 1 aliphatic carbocycles. The molecule has 0 aliphatic heterocycles. The summed E-state index contributed by atoms with van der Waals surface area (Å²) < 4.78 is 0. The standard InChI is InChI=1S/C21H33ClN2O/c1-5-15(4)19(23)20(25)24-18(13-14(2)3)21(11-6-12-21)16-7-9-17(22)10-8-16/h7-10,14-15,18-19H,5-6,11-13,23H2,1-4H3,(H,24,25)/t15?,18-,19?/m1/s1. The van der Waals surface area contributed by atoms with Crippen molar-refractivity contribution >= 4 is 17.5 Å². The Morgan fingerprint density at radius 1 is 1.24 bits per heavy atom. The highest BCUT2D eigenvalue weighted by molar-refractivity contribution is 6.30. The summed E-state index contributed by atoms with van der Waals surface area (Å²) in [7, 11) is 0. The Kier molecular flexibility index (Phi) is 6.93. The molecule has 1 aliphatic rings. The summed E-state index contributed by atoms with van der Waals surface area (Å²) in [5, 5.41) is 4.07. The second-order valence-corrected chi connectivity index (χ2v) is 8.56. The van der Waals surface area contributed by atoms with Crippen LogP contribution >= 0.6 is 11.6 Å². The zero-order valence-electron chi connectivity index (χ0n) is 16.0. The molecule has 3 N–H and O–H groups in total. The molecule has 0 bridgehead atoms. The minimum absolute atomic E-state index is 0.0136. The fraction of sp³-hybridized carbons (Fsp3) is 0.667. The highest BCUT2D eigenvalue weighted by atomic mass is 35.5. The van der Waals surface area contributed by atoms with Crippen LogP contribution in [0.4, 0.5) is 0 Å². The van der Waals surface area contributed by atoms with Gasteiger partial charge < -0.3 is 11.1 Å². The van der Waals surface area contributed by atoms with Crippen LogP contribution in [0.2, 0.25) is 5.02 Å². The van der Waals surface area contributed by atoms with E-state index in [-0.39, 0.29) is 23.3 Å². The fourth-order valence-electron chi connectivity index (χ4n) is 3.85. The van der Waals surface area contributed by atoms with Crippen molar-refractivity contribution in [2.24, 2.45) is 17.6 Å². The lowest BCUT2D eigenvalue weighted by atomic mass is 9.58. The van der Waals surface area contributed by atoms with Crippen LogP contribution in [0.5, 0.6) is 0 Å². The molecule has 25 heavy (non-hydrogen) atoms. The van der Waals surface area contributed by atoms with Gasteiger partial charge >= 0.3 is 0 Å². The van der Waals surface area contributed by atoms with E-state index in [2.05, 4.69) is 38.2 Å². The molecular formula is C21H33ClN2O. The summed E-state index contributed by atoms with van der Waals surface area (Å²) in [6.45, 7) is 8.54. The Balaban J connectivity index is 2.25. The molecule has 3 nitrogen and oxygen atoms in total. The summed E-state index contributed by atoms with van der Waals surface area (Å²) in [5.74, 6) is 0.683. The van der Waals surface area contributed by atoms with Gasteiger partial charge in [0.05, 0.1) is 6.04 Å². The van der Waals surface area contributed by atoms with Gasteiger partial charge in [0.1, 0.15) is 0 Å². The van der Waals surface area contributed by atoms with Crippen LogP contribution in [-0.2, 0) is 10.2 Å². The topological polar surface area (TPSA) is 55.1 Å². The molecule has 1 saturated carbocycles. The number of nitrogens with two attached hydrogens (primary N) is 1. The first-order valence-electron chi connectivity index (χ1n) is 9.62. The Labute approximate surface area is 157 Å². The van der Waals surface area contributed by atoms with Crippen LogP contribution in [0.3, 0.4) is 0 Å². The minimum Gasteiger partial charge on any atom is -0.351 e. The van der Waals surface area contributed by atoms with Crippen LogP contribution in [0, 0.1) is 11.8 Å². The molecule has 1 fully saturated rings. The van der Waals surface area contributed by atoms with Crippen molar-refractivity contribution in [1.29, 1.82) is 0 Å². The molecule has 0 aromatic heterocycles. The summed E-state index contributed by atoms with van der Waals surface area (Å²) in [6, 6.07) is 7.82. The van der Waals surface area contributed by atoms with Gasteiger partial charge in [0.15, 0.2) is 0 Å². The van der Waals surface area contributed by atoms with Crippen molar-refractivity contribution < 1.29 is 4.79 Å². The zero-order valence-corrected chi connectivity index (χ0v) is 16.8. The van der Waals surface area contributed by atoms with E-state index < -0.39 is 6.04 Å². The molecule has 0 saturated heterocycles. The number of nitrogens with one attached hydrogen (secondary N) is 1. The van der Waals surface area contributed by atoms with Crippen LogP contribution in [0.1, 0.15) is 65.4 Å². The third-order valence-corrected chi connectivity index (χ3v) is 6.17. The summed E-state index contributed by atoms with van der Waals surface area (Å²) in [6.07, 6.45) is 5.27.